The Morgan fingerprint density at radius 1 is 1.11 bits per heavy atom. The van der Waals surface area contributed by atoms with Crippen molar-refractivity contribution in [3.63, 3.8) is 0 Å². The van der Waals surface area contributed by atoms with Crippen molar-refractivity contribution in [1.29, 1.82) is 0 Å². The molecule has 1 fully saturated rings. The van der Waals surface area contributed by atoms with Crippen LogP contribution in [0.3, 0.4) is 0 Å². The second-order valence-electron chi connectivity index (χ2n) is 6.49. The van der Waals surface area contributed by atoms with Crippen LogP contribution in [0.2, 0.25) is 0 Å². The predicted octanol–water partition coefficient (Wildman–Crippen LogP) is 4.39. The van der Waals surface area contributed by atoms with Crippen molar-refractivity contribution < 1.29 is 27.8 Å². The third-order valence-corrected chi connectivity index (χ3v) is 4.79. The Morgan fingerprint density at radius 2 is 1.86 bits per heavy atom. The summed E-state index contributed by atoms with van der Waals surface area (Å²) in [5.41, 5.74) is 8.81. The van der Waals surface area contributed by atoms with Crippen LogP contribution in [0, 0.1) is 0 Å². The largest absolute Gasteiger partial charge is 0.453 e. The maximum atomic E-state index is 13.1. The van der Waals surface area contributed by atoms with Gasteiger partial charge in [-0.15, -0.1) is 0 Å². The fraction of sp³-hybridized carbons (Fsp3) is 0.333. The molecule has 0 radical (unpaired) electrons. The lowest BCUT2D eigenvalue weighted by Crippen LogP contribution is -2.54. The van der Waals surface area contributed by atoms with Crippen LogP contribution in [0.1, 0.15) is 5.56 Å². The van der Waals surface area contributed by atoms with E-state index in [1.54, 1.807) is 29.2 Å². The van der Waals surface area contributed by atoms with E-state index < -0.39 is 29.9 Å². The standard InChI is InChI=1S/C18H15F3N4O3/c19-18(20,21)10-5-6-13-16(7-10)28-15-4-2-1-3-12(15)25(13)14-9-27-8-11(17(14)26)23-24-22/h1-7,11,14,17,26H,8-9H2/t11-,14+,17+/m1/s1. The molecule has 4 rings (SSSR count). The summed E-state index contributed by atoms with van der Waals surface area (Å²) in [4.78, 5) is 4.41. The van der Waals surface area contributed by atoms with E-state index in [1.165, 1.54) is 6.07 Å². The van der Waals surface area contributed by atoms with Gasteiger partial charge in [0.05, 0.1) is 48.3 Å². The minimum Gasteiger partial charge on any atom is -0.453 e. The van der Waals surface area contributed by atoms with Gasteiger partial charge in [-0.25, -0.2) is 0 Å². The van der Waals surface area contributed by atoms with Crippen molar-refractivity contribution >= 4 is 11.4 Å². The molecule has 2 heterocycles. The highest BCUT2D eigenvalue weighted by molar-refractivity contribution is 5.79. The highest BCUT2D eigenvalue weighted by atomic mass is 19.4. The minimum absolute atomic E-state index is 0.0200. The van der Waals surface area contributed by atoms with Crippen LogP contribution >= 0.6 is 0 Å². The number of hydrogen-bond acceptors (Lipinski definition) is 5. The molecule has 1 saturated heterocycles. The summed E-state index contributed by atoms with van der Waals surface area (Å²) in [5, 5.41) is 14.3. The van der Waals surface area contributed by atoms with E-state index in [2.05, 4.69) is 10.0 Å². The van der Waals surface area contributed by atoms with Crippen molar-refractivity contribution in [2.75, 3.05) is 18.1 Å². The predicted molar refractivity (Wildman–Crippen MR) is 93.6 cm³/mol. The van der Waals surface area contributed by atoms with E-state index in [-0.39, 0.29) is 19.0 Å². The van der Waals surface area contributed by atoms with E-state index in [0.717, 1.165) is 12.1 Å². The summed E-state index contributed by atoms with van der Waals surface area (Å²) in [7, 11) is 0. The van der Waals surface area contributed by atoms with Gasteiger partial charge in [-0.05, 0) is 35.9 Å². The van der Waals surface area contributed by atoms with Crippen molar-refractivity contribution in [3.05, 3.63) is 58.5 Å². The summed E-state index contributed by atoms with van der Waals surface area (Å²) < 4.78 is 50.6. The van der Waals surface area contributed by atoms with Crippen LogP contribution in [-0.4, -0.2) is 36.5 Å². The molecular weight excluding hydrogens is 377 g/mol. The zero-order chi connectivity index (χ0) is 19.9. The maximum absolute atomic E-state index is 13.1. The third-order valence-electron chi connectivity index (χ3n) is 4.79. The number of hydrogen-bond donors (Lipinski definition) is 1. The lowest BCUT2D eigenvalue weighted by Gasteiger charge is -2.43. The minimum atomic E-state index is -4.51. The number of ether oxygens (including phenoxy) is 2. The SMILES string of the molecule is [N-]=[N+]=N[C@@H]1COC[C@H](N2c3ccccc3Oc3cc(C(F)(F)F)ccc32)[C@H]1O. The van der Waals surface area contributed by atoms with E-state index in [9.17, 15) is 18.3 Å². The zero-order valence-corrected chi connectivity index (χ0v) is 14.4. The summed E-state index contributed by atoms with van der Waals surface area (Å²) in [6.45, 7) is 0.168. The number of nitrogens with zero attached hydrogens (tertiary/aromatic N) is 4. The van der Waals surface area contributed by atoms with E-state index in [4.69, 9.17) is 15.0 Å². The topological polar surface area (TPSA) is 90.7 Å². The molecule has 0 bridgehead atoms. The van der Waals surface area contributed by atoms with Gasteiger partial charge in [-0.3, -0.25) is 0 Å². The van der Waals surface area contributed by atoms with Gasteiger partial charge < -0.3 is 19.5 Å². The first-order valence-electron chi connectivity index (χ1n) is 8.47. The average molecular weight is 392 g/mol. The molecular formula is C18H15F3N4O3. The lowest BCUT2D eigenvalue weighted by atomic mass is 9.98. The van der Waals surface area contributed by atoms with Gasteiger partial charge in [-0.2, -0.15) is 13.2 Å². The molecule has 0 saturated carbocycles. The van der Waals surface area contributed by atoms with Gasteiger partial charge in [0, 0.05) is 4.91 Å². The number of azide groups is 1. The number of aliphatic hydroxyl groups is 1. The Bertz CT molecular complexity index is 946. The van der Waals surface area contributed by atoms with Crippen LogP contribution in [-0.2, 0) is 10.9 Å². The Labute approximate surface area is 157 Å². The van der Waals surface area contributed by atoms with Gasteiger partial charge in [0.15, 0.2) is 11.5 Å². The Kier molecular flexibility index (Phi) is 4.54. The smallest absolute Gasteiger partial charge is 0.416 e. The fourth-order valence-corrected chi connectivity index (χ4v) is 3.48. The molecule has 10 heteroatoms. The monoisotopic (exact) mass is 392 g/mol. The van der Waals surface area contributed by atoms with Crippen LogP contribution in [0.25, 0.3) is 10.4 Å². The lowest BCUT2D eigenvalue weighted by molar-refractivity contribution is -0.137. The van der Waals surface area contributed by atoms with Gasteiger partial charge >= 0.3 is 6.18 Å². The molecule has 1 N–H and O–H groups in total. The Morgan fingerprint density at radius 3 is 2.61 bits per heavy atom. The molecule has 2 aromatic rings. The molecule has 2 aliphatic rings. The summed E-state index contributed by atoms with van der Waals surface area (Å²) in [5.74, 6) is 0.374. The van der Waals surface area contributed by atoms with Crippen molar-refractivity contribution in [2.24, 2.45) is 5.11 Å². The van der Waals surface area contributed by atoms with Gasteiger partial charge in [-0.1, -0.05) is 17.2 Å². The molecule has 0 spiro atoms. The second kappa shape index (κ2) is 6.90. The number of alkyl halides is 3. The molecule has 7 nitrogen and oxygen atoms in total. The molecule has 2 aromatic carbocycles. The number of aliphatic hydroxyl groups excluding tert-OH is 1. The van der Waals surface area contributed by atoms with Crippen LogP contribution < -0.4 is 9.64 Å². The van der Waals surface area contributed by atoms with E-state index in [0.29, 0.717) is 17.1 Å². The summed E-state index contributed by atoms with van der Waals surface area (Å²) in [6, 6.07) is 8.53. The van der Waals surface area contributed by atoms with Crippen molar-refractivity contribution in [2.45, 2.75) is 24.4 Å². The van der Waals surface area contributed by atoms with Crippen LogP contribution in [0.5, 0.6) is 11.5 Å². The molecule has 0 amide bonds. The number of fused-ring (bicyclic) bond motifs is 2. The van der Waals surface area contributed by atoms with E-state index >= 15 is 0 Å². The molecule has 0 aliphatic carbocycles. The highest BCUT2D eigenvalue weighted by Gasteiger charge is 2.41. The van der Waals surface area contributed by atoms with Crippen LogP contribution in [0.15, 0.2) is 47.6 Å². The molecule has 146 valence electrons. The van der Waals surface area contributed by atoms with Crippen LogP contribution in [0.4, 0.5) is 24.5 Å². The number of rotatable bonds is 2. The second-order valence-corrected chi connectivity index (χ2v) is 6.49. The molecule has 0 unspecified atom stereocenters. The Balaban J connectivity index is 1.82. The van der Waals surface area contributed by atoms with Crippen molar-refractivity contribution in [3.8, 4) is 11.5 Å². The quantitative estimate of drug-likeness (QED) is 0.466. The first kappa shape index (κ1) is 18.4. The zero-order valence-electron chi connectivity index (χ0n) is 14.4. The first-order chi connectivity index (χ1) is 13.4. The van der Waals surface area contributed by atoms with Crippen molar-refractivity contribution in [1.82, 2.24) is 0 Å². The fourth-order valence-electron chi connectivity index (χ4n) is 3.48. The summed E-state index contributed by atoms with van der Waals surface area (Å²) >= 11 is 0. The van der Waals surface area contributed by atoms with Gasteiger partial charge in [0.25, 0.3) is 0 Å². The Hall–Kier alpha value is -2.94. The number of anilines is 2. The first-order valence-corrected chi connectivity index (χ1v) is 8.47. The highest BCUT2D eigenvalue weighted by Crippen LogP contribution is 2.49. The molecule has 3 atom stereocenters. The number of halogens is 3. The maximum Gasteiger partial charge on any atom is 0.416 e. The third kappa shape index (κ3) is 3.11. The average Bonchev–Trinajstić information content (AvgIpc) is 2.67. The van der Waals surface area contributed by atoms with E-state index in [1.807, 2.05) is 0 Å². The molecule has 0 aromatic heterocycles. The van der Waals surface area contributed by atoms with Gasteiger partial charge in [0.2, 0.25) is 0 Å². The number of para-hydroxylation sites is 2. The molecule has 28 heavy (non-hydrogen) atoms. The van der Waals surface area contributed by atoms with Gasteiger partial charge in [0.1, 0.15) is 0 Å². The number of benzene rings is 2. The molecule has 2 aliphatic heterocycles. The normalized spacial score (nSPS) is 23.9. The summed E-state index contributed by atoms with van der Waals surface area (Å²) in [6.07, 6.45) is -5.59.